The number of amides is 1. The zero-order valence-electron chi connectivity index (χ0n) is 12.8. The van der Waals surface area contributed by atoms with Crippen LogP contribution in [-0.2, 0) is 7.05 Å². The Morgan fingerprint density at radius 2 is 2.24 bits per heavy atom. The van der Waals surface area contributed by atoms with Gasteiger partial charge in [-0.05, 0) is 18.9 Å². The first-order chi connectivity index (χ1) is 9.92. The van der Waals surface area contributed by atoms with E-state index in [1.54, 1.807) is 15.9 Å². The molecule has 2 aromatic heterocycles. The molecule has 0 aromatic carbocycles. The van der Waals surface area contributed by atoms with Crippen molar-refractivity contribution in [2.45, 2.75) is 26.8 Å². The fourth-order valence-electron chi connectivity index (χ4n) is 2.09. The SMILES string of the molecule is Cc1nc(-c2cc(C(=O)N[C@H](CO)C(C)C)n(C)c2)cs1. The van der Waals surface area contributed by atoms with Gasteiger partial charge in [0.2, 0.25) is 0 Å². The Balaban J connectivity index is 2.21. The van der Waals surface area contributed by atoms with Gasteiger partial charge in [0.05, 0.1) is 23.4 Å². The van der Waals surface area contributed by atoms with Gasteiger partial charge >= 0.3 is 0 Å². The van der Waals surface area contributed by atoms with Gasteiger partial charge in [-0.15, -0.1) is 11.3 Å². The van der Waals surface area contributed by atoms with Crippen LogP contribution in [0.4, 0.5) is 0 Å². The van der Waals surface area contributed by atoms with Gasteiger partial charge < -0.3 is 15.0 Å². The number of aliphatic hydroxyl groups excluding tert-OH is 1. The molecule has 2 rings (SSSR count). The lowest BCUT2D eigenvalue weighted by atomic mass is 10.1. The third kappa shape index (κ3) is 3.51. The third-order valence-electron chi connectivity index (χ3n) is 3.47. The molecule has 6 heteroatoms. The molecule has 0 unspecified atom stereocenters. The summed E-state index contributed by atoms with van der Waals surface area (Å²) >= 11 is 1.59. The minimum atomic E-state index is -0.239. The number of aliphatic hydroxyl groups is 1. The Kier molecular flexibility index (Phi) is 4.80. The molecular weight excluding hydrogens is 286 g/mol. The molecule has 0 spiro atoms. The Bertz CT molecular complexity index is 631. The fraction of sp³-hybridized carbons (Fsp3) is 0.467. The standard InChI is InChI=1S/C15H21N3O2S/c1-9(2)12(7-19)17-15(20)14-5-11(6-18(14)4)13-8-21-10(3)16-13/h5-6,8-9,12,19H,7H2,1-4H3,(H,17,20)/t12-/m1/s1. The van der Waals surface area contributed by atoms with E-state index in [1.807, 2.05) is 45.5 Å². The van der Waals surface area contributed by atoms with E-state index in [4.69, 9.17) is 0 Å². The number of carbonyl (C=O) groups excluding carboxylic acids is 1. The van der Waals surface area contributed by atoms with Crippen molar-refractivity contribution >= 4 is 17.2 Å². The summed E-state index contributed by atoms with van der Waals surface area (Å²) in [6.45, 7) is 5.83. The molecule has 0 aliphatic rings. The second kappa shape index (κ2) is 6.41. The number of nitrogens with one attached hydrogen (secondary N) is 1. The van der Waals surface area contributed by atoms with Gasteiger partial charge in [-0.3, -0.25) is 4.79 Å². The van der Waals surface area contributed by atoms with Crippen molar-refractivity contribution in [2.75, 3.05) is 6.61 Å². The van der Waals surface area contributed by atoms with Crippen LogP contribution in [-0.4, -0.2) is 33.2 Å². The van der Waals surface area contributed by atoms with Crippen LogP contribution in [0.3, 0.4) is 0 Å². The summed E-state index contributed by atoms with van der Waals surface area (Å²) in [4.78, 5) is 16.8. The zero-order valence-corrected chi connectivity index (χ0v) is 13.6. The summed E-state index contributed by atoms with van der Waals surface area (Å²) in [7, 11) is 1.83. The highest BCUT2D eigenvalue weighted by Crippen LogP contribution is 2.23. The van der Waals surface area contributed by atoms with E-state index in [-0.39, 0.29) is 24.5 Å². The van der Waals surface area contributed by atoms with E-state index >= 15 is 0 Å². The average Bonchev–Trinajstić information content (AvgIpc) is 3.01. The van der Waals surface area contributed by atoms with Gasteiger partial charge in [0, 0.05) is 24.2 Å². The molecule has 114 valence electrons. The van der Waals surface area contributed by atoms with Gasteiger partial charge in [-0.25, -0.2) is 4.98 Å². The van der Waals surface area contributed by atoms with Gasteiger partial charge in [0.1, 0.15) is 5.69 Å². The van der Waals surface area contributed by atoms with E-state index < -0.39 is 0 Å². The summed E-state index contributed by atoms with van der Waals surface area (Å²) < 4.78 is 1.79. The largest absolute Gasteiger partial charge is 0.394 e. The first-order valence-electron chi connectivity index (χ1n) is 6.93. The Morgan fingerprint density at radius 3 is 2.76 bits per heavy atom. The number of nitrogens with zero attached hydrogens (tertiary/aromatic N) is 2. The normalized spacial score (nSPS) is 12.7. The maximum absolute atomic E-state index is 12.3. The highest BCUT2D eigenvalue weighted by atomic mass is 32.1. The molecule has 2 aromatic rings. The molecule has 2 N–H and O–H groups in total. The molecule has 0 bridgehead atoms. The van der Waals surface area contributed by atoms with E-state index in [0.29, 0.717) is 5.69 Å². The lowest BCUT2D eigenvalue weighted by molar-refractivity contribution is 0.0888. The number of aromatic nitrogens is 2. The van der Waals surface area contributed by atoms with Crippen molar-refractivity contribution in [3.8, 4) is 11.3 Å². The van der Waals surface area contributed by atoms with Crippen LogP contribution in [0.5, 0.6) is 0 Å². The summed E-state index contributed by atoms with van der Waals surface area (Å²) in [6, 6.07) is 1.59. The van der Waals surface area contributed by atoms with Crippen molar-refractivity contribution in [2.24, 2.45) is 13.0 Å². The van der Waals surface area contributed by atoms with Gasteiger partial charge in [0.25, 0.3) is 5.91 Å². The maximum Gasteiger partial charge on any atom is 0.268 e. The Labute approximate surface area is 128 Å². The summed E-state index contributed by atoms with van der Waals surface area (Å²) in [5.41, 5.74) is 2.38. The molecule has 0 aliphatic heterocycles. The fourth-order valence-corrected chi connectivity index (χ4v) is 2.71. The van der Waals surface area contributed by atoms with Crippen LogP contribution in [0.25, 0.3) is 11.3 Å². The minimum Gasteiger partial charge on any atom is -0.394 e. The highest BCUT2D eigenvalue weighted by Gasteiger charge is 2.19. The average molecular weight is 307 g/mol. The van der Waals surface area contributed by atoms with Crippen molar-refractivity contribution < 1.29 is 9.90 Å². The number of rotatable bonds is 5. The first-order valence-corrected chi connectivity index (χ1v) is 7.81. The van der Waals surface area contributed by atoms with Gasteiger partial charge in [-0.2, -0.15) is 0 Å². The van der Waals surface area contributed by atoms with E-state index in [9.17, 15) is 9.90 Å². The van der Waals surface area contributed by atoms with Gasteiger partial charge in [0.15, 0.2) is 0 Å². The van der Waals surface area contributed by atoms with Crippen LogP contribution in [0.2, 0.25) is 0 Å². The predicted octanol–water partition coefficient (Wildman–Crippen LogP) is 2.20. The Morgan fingerprint density at radius 1 is 1.52 bits per heavy atom. The van der Waals surface area contributed by atoms with Crippen molar-refractivity contribution in [3.63, 3.8) is 0 Å². The number of thiazole rings is 1. The van der Waals surface area contributed by atoms with Crippen LogP contribution in [0.1, 0.15) is 29.3 Å². The van der Waals surface area contributed by atoms with Gasteiger partial charge in [-0.1, -0.05) is 13.8 Å². The number of aryl methyl sites for hydroxylation is 2. The van der Waals surface area contributed by atoms with Crippen LogP contribution in [0, 0.1) is 12.8 Å². The van der Waals surface area contributed by atoms with E-state index in [1.165, 1.54) is 0 Å². The molecular formula is C15H21N3O2S. The summed E-state index contributed by atoms with van der Waals surface area (Å²) in [6.07, 6.45) is 1.90. The summed E-state index contributed by atoms with van der Waals surface area (Å²) in [5.74, 6) is 0.00308. The number of carbonyl (C=O) groups is 1. The quantitative estimate of drug-likeness (QED) is 0.890. The smallest absolute Gasteiger partial charge is 0.268 e. The molecule has 0 aliphatic carbocycles. The second-order valence-corrected chi connectivity index (χ2v) is 6.55. The van der Waals surface area contributed by atoms with Crippen molar-refractivity contribution in [1.82, 2.24) is 14.9 Å². The molecule has 0 saturated carbocycles. The number of hydrogen-bond donors (Lipinski definition) is 2. The molecule has 1 atom stereocenters. The topological polar surface area (TPSA) is 67.2 Å². The van der Waals surface area contributed by atoms with Crippen LogP contribution in [0.15, 0.2) is 17.6 Å². The Hall–Kier alpha value is -1.66. The van der Waals surface area contributed by atoms with Crippen LogP contribution < -0.4 is 5.32 Å². The second-order valence-electron chi connectivity index (χ2n) is 5.48. The first kappa shape index (κ1) is 15.7. The van der Waals surface area contributed by atoms with Crippen molar-refractivity contribution in [1.29, 1.82) is 0 Å². The predicted molar refractivity (Wildman–Crippen MR) is 84.4 cm³/mol. The van der Waals surface area contributed by atoms with E-state index in [0.717, 1.165) is 16.3 Å². The molecule has 21 heavy (non-hydrogen) atoms. The number of hydrogen-bond acceptors (Lipinski definition) is 4. The monoisotopic (exact) mass is 307 g/mol. The van der Waals surface area contributed by atoms with Crippen molar-refractivity contribution in [3.05, 3.63) is 28.3 Å². The molecule has 5 nitrogen and oxygen atoms in total. The van der Waals surface area contributed by atoms with Crippen LogP contribution >= 0.6 is 11.3 Å². The molecule has 2 heterocycles. The maximum atomic E-state index is 12.3. The van der Waals surface area contributed by atoms with E-state index in [2.05, 4.69) is 10.3 Å². The summed E-state index contributed by atoms with van der Waals surface area (Å²) in [5, 5.41) is 15.2. The lowest BCUT2D eigenvalue weighted by Crippen LogP contribution is -2.41. The highest BCUT2D eigenvalue weighted by molar-refractivity contribution is 7.09. The molecule has 0 radical (unpaired) electrons. The third-order valence-corrected chi connectivity index (χ3v) is 4.24. The molecule has 1 amide bonds. The molecule has 0 saturated heterocycles. The zero-order chi connectivity index (χ0) is 15.6. The minimum absolute atomic E-state index is 0.0635. The lowest BCUT2D eigenvalue weighted by Gasteiger charge is -2.19. The molecule has 0 fully saturated rings.